The second-order valence-electron chi connectivity index (χ2n) is 8.55. The number of nitrogens with two attached hydrogens (primary N) is 1. The maximum atomic E-state index is 13.4. The minimum Gasteiger partial charge on any atom is -0.376 e. The molecule has 1 unspecified atom stereocenters. The molecule has 0 bridgehead atoms. The van der Waals surface area contributed by atoms with Crippen LogP contribution in [0.3, 0.4) is 0 Å². The van der Waals surface area contributed by atoms with Crippen molar-refractivity contribution in [3.8, 4) is 11.3 Å². The molecule has 2 N–H and O–H groups in total. The summed E-state index contributed by atoms with van der Waals surface area (Å²) in [5.41, 5.74) is 7.37. The molecule has 1 amide bonds. The van der Waals surface area contributed by atoms with Gasteiger partial charge < -0.3 is 10.5 Å². The van der Waals surface area contributed by atoms with E-state index in [1.807, 2.05) is 13.8 Å². The third-order valence-electron chi connectivity index (χ3n) is 4.56. The Hall–Kier alpha value is -2.61. The van der Waals surface area contributed by atoms with Gasteiger partial charge in [-0.2, -0.15) is 5.10 Å². The molecule has 6 nitrogen and oxygen atoms in total. The molecule has 0 fully saturated rings. The van der Waals surface area contributed by atoms with E-state index in [1.54, 1.807) is 0 Å². The summed E-state index contributed by atoms with van der Waals surface area (Å²) in [6.07, 6.45) is 2.13. The van der Waals surface area contributed by atoms with Crippen LogP contribution in [0.4, 0.5) is 8.78 Å². The van der Waals surface area contributed by atoms with Crippen molar-refractivity contribution in [2.24, 2.45) is 17.6 Å². The maximum Gasteiger partial charge on any atom is 0.243 e. The summed E-state index contributed by atoms with van der Waals surface area (Å²) in [7, 11) is 0. The van der Waals surface area contributed by atoms with Gasteiger partial charge in [-0.15, -0.1) is 0 Å². The molecule has 2 aromatic rings. The van der Waals surface area contributed by atoms with Gasteiger partial charge in [-0.1, -0.05) is 41.0 Å². The number of carbonyl (C=O) groups is 2. The Kier molecular flexibility index (Phi) is 11.2. The number of fused-ring (bicyclic) bond motifs is 1. The molecule has 0 saturated carbocycles. The molecule has 0 radical (unpaired) electrons. The second-order valence-corrected chi connectivity index (χ2v) is 8.55. The summed E-state index contributed by atoms with van der Waals surface area (Å²) in [6.45, 7) is 12.8. The normalized spacial score (nSPS) is 13.3. The molecule has 8 heteroatoms. The first-order valence-corrected chi connectivity index (χ1v) is 10.9. The van der Waals surface area contributed by atoms with E-state index >= 15 is 0 Å². The Bertz CT molecular complexity index is 907. The van der Waals surface area contributed by atoms with E-state index in [-0.39, 0.29) is 11.8 Å². The average molecular weight is 452 g/mol. The monoisotopic (exact) mass is 451 g/mol. The van der Waals surface area contributed by atoms with E-state index in [0.29, 0.717) is 43.2 Å². The van der Waals surface area contributed by atoms with Crippen molar-refractivity contribution >= 4 is 11.8 Å². The third kappa shape index (κ3) is 8.49. The number of carbonyl (C=O) groups excluding carboxylic acids is 2. The molecule has 0 aliphatic carbocycles. The summed E-state index contributed by atoms with van der Waals surface area (Å²) >= 11 is 0. The fourth-order valence-electron chi connectivity index (χ4n) is 2.86. The Balaban J connectivity index is 0.000000357. The van der Waals surface area contributed by atoms with E-state index in [9.17, 15) is 18.4 Å². The maximum absolute atomic E-state index is 13.4. The molecule has 1 aliphatic rings. The van der Waals surface area contributed by atoms with Gasteiger partial charge in [-0.3, -0.25) is 9.59 Å². The van der Waals surface area contributed by atoms with Crippen LogP contribution in [-0.2, 0) is 22.6 Å². The van der Waals surface area contributed by atoms with Crippen molar-refractivity contribution in [2.45, 2.75) is 67.4 Å². The molecule has 178 valence electrons. The van der Waals surface area contributed by atoms with Crippen LogP contribution in [0.1, 0.15) is 70.4 Å². The van der Waals surface area contributed by atoms with Gasteiger partial charge in [0.2, 0.25) is 11.8 Å². The van der Waals surface area contributed by atoms with Crippen LogP contribution in [-0.4, -0.2) is 28.2 Å². The van der Waals surface area contributed by atoms with Gasteiger partial charge >= 0.3 is 0 Å². The quantitative estimate of drug-likeness (QED) is 0.698. The topological polar surface area (TPSA) is 87.2 Å². The van der Waals surface area contributed by atoms with E-state index in [2.05, 4.69) is 25.9 Å². The first-order chi connectivity index (χ1) is 15.0. The lowest BCUT2D eigenvalue weighted by Crippen LogP contribution is -2.17. The second kappa shape index (κ2) is 13.1. The molecule has 0 saturated heterocycles. The molecule has 32 heavy (non-hydrogen) atoms. The van der Waals surface area contributed by atoms with Crippen molar-refractivity contribution < 1.29 is 23.1 Å². The smallest absolute Gasteiger partial charge is 0.243 e. The number of nitrogens with zero attached hydrogens (tertiary/aromatic N) is 2. The third-order valence-corrected chi connectivity index (χ3v) is 4.56. The van der Waals surface area contributed by atoms with Crippen LogP contribution in [0.15, 0.2) is 18.2 Å². The number of halogens is 2. The van der Waals surface area contributed by atoms with Crippen molar-refractivity contribution in [3.05, 3.63) is 41.1 Å². The molecule has 1 aliphatic heterocycles. The lowest BCUT2D eigenvalue weighted by atomic mass is 10.0. The van der Waals surface area contributed by atoms with E-state index < -0.39 is 11.6 Å². The molecule has 3 rings (SSSR count). The van der Waals surface area contributed by atoms with Crippen molar-refractivity contribution in [1.82, 2.24) is 9.78 Å². The number of hydrogen-bond acceptors (Lipinski definition) is 4. The fraction of sp³-hybridized carbons (Fsp3) is 0.542. The van der Waals surface area contributed by atoms with Crippen LogP contribution in [0.5, 0.6) is 0 Å². The van der Waals surface area contributed by atoms with Crippen molar-refractivity contribution in [2.75, 3.05) is 6.61 Å². The van der Waals surface area contributed by atoms with Crippen LogP contribution in [0.25, 0.3) is 11.3 Å². The summed E-state index contributed by atoms with van der Waals surface area (Å²) in [6, 6.07) is 3.57. The minimum absolute atomic E-state index is 0.195. The average Bonchev–Trinajstić information content (AvgIpc) is 3.10. The summed E-state index contributed by atoms with van der Waals surface area (Å²) in [4.78, 5) is 21.8. The lowest BCUT2D eigenvalue weighted by Gasteiger charge is -2.14. The molecule has 1 aromatic heterocycles. The van der Waals surface area contributed by atoms with Crippen molar-refractivity contribution in [3.63, 3.8) is 0 Å². The Labute approximate surface area is 189 Å². The minimum atomic E-state index is -0.939. The predicted molar refractivity (Wildman–Crippen MR) is 121 cm³/mol. The number of amides is 1. The van der Waals surface area contributed by atoms with Gasteiger partial charge in [0.15, 0.2) is 11.6 Å². The summed E-state index contributed by atoms with van der Waals surface area (Å²) in [5.74, 6) is -0.973. The fourth-order valence-corrected chi connectivity index (χ4v) is 2.86. The van der Waals surface area contributed by atoms with Crippen LogP contribution in [0, 0.1) is 23.5 Å². The predicted octanol–water partition coefficient (Wildman–Crippen LogP) is 5.13. The van der Waals surface area contributed by atoms with Gasteiger partial charge in [0.25, 0.3) is 0 Å². The highest BCUT2D eigenvalue weighted by Gasteiger charge is 2.24. The highest BCUT2D eigenvalue weighted by molar-refractivity contribution is 5.78. The Morgan fingerprint density at radius 2 is 1.81 bits per heavy atom. The zero-order valence-corrected chi connectivity index (χ0v) is 19.9. The first kappa shape index (κ1) is 27.4. The zero-order valence-electron chi connectivity index (χ0n) is 19.9. The number of rotatable bonds is 4. The Morgan fingerprint density at radius 3 is 2.28 bits per heavy atom. The largest absolute Gasteiger partial charge is 0.376 e. The number of ether oxygens (including phenoxy) is 1. The molecule has 1 atom stereocenters. The zero-order chi connectivity index (χ0) is 24.4. The Morgan fingerprint density at radius 1 is 1.19 bits per heavy atom. The summed E-state index contributed by atoms with van der Waals surface area (Å²) < 4.78 is 33.0. The van der Waals surface area contributed by atoms with Gasteiger partial charge in [0, 0.05) is 30.9 Å². The van der Waals surface area contributed by atoms with Crippen LogP contribution in [0.2, 0.25) is 0 Å². The summed E-state index contributed by atoms with van der Waals surface area (Å²) in [5, 5.41) is 4.23. The van der Waals surface area contributed by atoms with Gasteiger partial charge in [-0.05, 0) is 30.0 Å². The number of primary amides is 1. The van der Waals surface area contributed by atoms with E-state index in [4.69, 9.17) is 10.5 Å². The lowest BCUT2D eigenvalue weighted by molar-refractivity contribution is -0.118. The number of benzene rings is 1. The highest BCUT2D eigenvalue weighted by atomic mass is 19.2. The van der Waals surface area contributed by atoms with E-state index in [0.717, 1.165) is 35.7 Å². The molecule has 1 aromatic carbocycles. The standard InChI is InChI=1S/C14H12F2N2O2.C6H13NO.C4H10/c1-8(19)18-13-4-5-20-7-10(13)14(17-18)9-2-3-11(15)12(16)6-9;1-3-5(2)4-6(7)8;1-4(2)3/h2-3,6H,4-5,7H2,1H3;5H,3-4H2,1-2H3,(H2,7,8);4H,1-3H3. The van der Waals surface area contributed by atoms with Gasteiger partial charge in [-0.25, -0.2) is 13.5 Å². The first-order valence-electron chi connectivity index (χ1n) is 10.9. The molecular formula is C24H35F2N3O3. The van der Waals surface area contributed by atoms with Crippen LogP contribution < -0.4 is 5.73 Å². The number of hydrogen-bond donors (Lipinski definition) is 1. The van der Waals surface area contributed by atoms with Gasteiger partial charge in [0.05, 0.1) is 24.6 Å². The number of aromatic nitrogens is 2. The molecular weight excluding hydrogens is 416 g/mol. The molecule has 0 spiro atoms. The SMILES string of the molecule is CC(=O)n1nc(-c2ccc(F)c(F)c2)c2c1CCOC2.CC(C)C.CCC(C)CC(N)=O. The van der Waals surface area contributed by atoms with Gasteiger partial charge in [0.1, 0.15) is 0 Å². The van der Waals surface area contributed by atoms with Crippen LogP contribution >= 0.6 is 0 Å². The van der Waals surface area contributed by atoms with E-state index in [1.165, 1.54) is 17.7 Å². The van der Waals surface area contributed by atoms with Crippen molar-refractivity contribution in [1.29, 1.82) is 0 Å². The molecule has 2 heterocycles. The highest BCUT2D eigenvalue weighted by Crippen LogP contribution is 2.29.